The van der Waals surface area contributed by atoms with Gasteiger partial charge in [-0.15, -0.1) is 0 Å². The smallest absolute Gasteiger partial charge is 0.350 e. The third kappa shape index (κ3) is 5.38. The van der Waals surface area contributed by atoms with Gasteiger partial charge in [-0.1, -0.05) is 11.6 Å². The molecule has 1 atom stereocenters. The fourth-order valence-corrected chi connectivity index (χ4v) is 2.40. The monoisotopic (exact) mass is 433 g/mol. The minimum Gasteiger partial charge on any atom is -0.350 e. The number of amides is 1. The normalized spacial score (nSPS) is 13.6. The Kier molecular flexibility index (Phi) is 6.28. The Morgan fingerprint density at radius 2 is 1.96 bits per heavy atom. The molecule has 0 fully saturated rings. The first-order chi connectivity index (χ1) is 12.8. The van der Waals surface area contributed by atoms with Gasteiger partial charge in [-0.3, -0.25) is 9.48 Å². The van der Waals surface area contributed by atoms with Gasteiger partial charge in [0.25, 0.3) is 0 Å². The Balaban J connectivity index is 2.04. The van der Waals surface area contributed by atoms with Gasteiger partial charge in [0.2, 0.25) is 5.91 Å². The fourth-order valence-electron chi connectivity index (χ4n) is 2.17. The van der Waals surface area contributed by atoms with E-state index >= 15 is 0 Å². The summed E-state index contributed by atoms with van der Waals surface area (Å²) in [5.41, 5.74) is -1.24. The van der Waals surface area contributed by atoms with Crippen molar-refractivity contribution < 1.29 is 35.9 Å². The van der Waals surface area contributed by atoms with Gasteiger partial charge in [0.05, 0.1) is 28.8 Å². The second kappa shape index (κ2) is 7.99. The van der Waals surface area contributed by atoms with Crippen molar-refractivity contribution in [2.24, 2.45) is 0 Å². The van der Waals surface area contributed by atoms with E-state index in [4.69, 9.17) is 11.6 Å². The molecule has 1 unspecified atom stereocenters. The molecule has 0 aliphatic rings. The summed E-state index contributed by atoms with van der Waals surface area (Å²) in [5, 5.41) is 8.84. The number of anilines is 1. The van der Waals surface area contributed by atoms with Crippen LogP contribution in [0.1, 0.15) is 24.4 Å². The fraction of sp³-hybridized carbons (Fsp3) is 0.500. The number of carbonyl (C=O) groups excluding carboxylic acids is 1. The van der Waals surface area contributed by atoms with Crippen LogP contribution in [0.4, 0.5) is 32.0 Å². The molecule has 0 aromatic carbocycles. The minimum atomic E-state index is -4.78. The molecule has 0 aliphatic heterocycles. The van der Waals surface area contributed by atoms with Gasteiger partial charge in [-0.2, -0.15) is 36.5 Å². The second-order valence-electron chi connectivity index (χ2n) is 5.72. The molecule has 0 radical (unpaired) electrons. The molecule has 2 aromatic heterocycles. The van der Waals surface area contributed by atoms with Gasteiger partial charge in [-0.25, -0.2) is 4.68 Å². The number of hydrogen-bond donors (Lipinski definition) is 1. The lowest BCUT2D eigenvalue weighted by molar-refractivity contribution is -0.182. The van der Waals surface area contributed by atoms with E-state index in [0.29, 0.717) is 0 Å². The summed E-state index contributed by atoms with van der Waals surface area (Å²) >= 11 is 5.65. The summed E-state index contributed by atoms with van der Waals surface area (Å²) in [6.07, 6.45) is -6.92. The van der Waals surface area contributed by atoms with Crippen LogP contribution in [0.5, 0.6) is 0 Å². The first-order valence-corrected chi connectivity index (χ1v) is 7.97. The summed E-state index contributed by atoms with van der Waals surface area (Å²) in [6.45, 7) is 0.618. The van der Waals surface area contributed by atoms with E-state index in [1.165, 1.54) is 20.0 Å². The van der Waals surface area contributed by atoms with E-state index in [0.717, 1.165) is 15.6 Å². The van der Waals surface area contributed by atoms with Crippen molar-refractivity contribution in [3.63, 3.8) is 0 Å². The topological polar surface area (TPSA) is 74.0 Å². The summed E-state index contributed by atoms with van der Waals surface area (Å²) in [7, 11) is 0. The highest BCUT2D eigenvalue weighted by Crippen LogP contribution is 2.36. The highest BCUT2D eigenvalue weighted by molar-refractivity contribution is 6.32. The van der Waals surface area contributed by atoms with Crippen molar-refractivity contribution in [3.05, 3.63) is 28.8 Å². The van der Waals surface area contributed by atoms with Crippen LogP contribution in [-0.4, -0.2) is 38.3 Å². The lowest BCUT2D eigenvalue weighted by Crippen LogP contribution is -2.25. The molecule has 28 heavy (non-hydrogen) atoms. The van der Waals surface area contributed by atoms with Crippen LogP contribution in [0.25, 0.3) is 0 Å². The third-order valence-electron chi connectivity index (χ3n) is 3.48. The summed E-state index contributed by atoms with van der Waals surface area (Å²) < 4.78 is 80.9. The number of nitrogens with one attached hydrogen (secondary N) is 1. The molecule has 0 aliphatic carbocycles. The summed E-state index contributed by atoms with van der Waals surface area (Å²) in [5.74, 6) is -0.730. The molecule has 0 spiro atoms. The summed E-state index contributed by atoms with van der Waals surface area (Å²) in [6, 6.07) is -1.15. The molecule has 0 bridgehead atoms. The number of ether oxygens (including phenoxy) is 1. The third-order valence-corrected chi connectivity index (χ3v) is 3.93. The Labute approximate surface area is 159 Å². The predicted molar refractivity (Wildman–Crippen MR) is 84.6 cm³/mol. The quantitative estimate of drug-likeness (QED) is 0.703. The molecular formula is C14H14ClF6N5O2. The SMILES string of the molecule is Cc1c(Cl)c(C(F)(F)F)nn1C(C)C(=O)Nc1cnn(COCC(F)(F)F)c1. The molecule has 156 valence electrons. The minimum absolute atomic E-state index is 0.0483. The Bertz CT molecular complexity index is 844. The van der Waals surface area contributed by atoms with Crippen LogP contribution in [0.15, 0.2) is 12.4 Å². The molecule has 1 N–H and O–H groups in total. The van der Waals surface area contributed by atoms with E-state index in [1.807, 2.05) is 0 Å². The van der Waals surface area contributed by atoms with Crippen molar-refractivity contribution in [1.82, 2.24) is 19.6 Å². The maximum atomic E-state index is 12.9. The highest BCUT2D eigenvalue weighted by atomic mass is 35.5. The Morgan fingerprint density at radius 3 is 2.50 bits per heavy atom. The number of aromatic nitrogens is 4. The lowest BCUT2D eigenvalue weighted by Gasteiger charge is -2.13. The van der Waals surface area contributed by atoms with Crippen molar-refractivity contribution >= 4 is 23.2 Å². The highest BCUT2D eigenvalue weighted by Gasteiger charge is 2.39. The zero-order valence-electron chi connectivity index (χ0n) is 14.4. The van der Waals surface area contributed by atoms with E-state index in [2.05, 4.69) is 20.3 Å². The number of rotatable bonds is 6. The van der Waals surface area contributed by atoms with Gasteiger partial charge < -0.3 is 10.1 Å². The number of hydrogen-bond acceptors (Lipinski definition) is 4. The van der Waals surface area contributed by atoms with Gasteiger partial charge in [0.15, 0.2) is 5.69 Å². The molecule has 0 saturated heterocycles. The van der Waals surface area contributed by atoms with Gasteiger partial charge >= 0.3 is 12.4 Å². The van der Waals surface area contributed by atoms with Crippen molar-refractivity contribution in [1.29, 1.82) is 0 Å². The number of carbonyl (C=O) groups is 1. The number of alkyl halides is 6. The van der Waals surface area contributed by atoms with Gasteiger partial charge in [0, 0.05) is 0 Å². The molecular weight excluding hydrogens is 420 g/mol. The van der Waals surface area contributed by atoms with Crippen molar-refractivity contribution in [2.45, 2.75) is 39.0 Å². The Morgan fingerprint density at radius 1 is 1.32 bits per heavy atom. The van der Waals surface area contributed by atoms with Gasteiger partial charge in [-0.05, 0) is 13.8 Å². The van der Waals surface area contributed by atoms with Crippen molar-refractivity contribution in [2.75, 3.05) is 11.9 Å². The molecule has 14 heteroatoms. The molecule has 0 saturated carbocycles. The maximum Gasteiger partial charge on any atom is 0.436 e. The van der Waals surface area contributed by atoms with Crippen LogP contribution in [0.3, 0.4) is 0 Å². The average Bonchev–Trinajstić information content (AvgIpc) is 3.10. The molecule has 2 heterocycles. The zero-order chi connectivity index (χ0) is 21.3. The summed E-state index contributed by atoms with van der Waals surface area (Å²) in [4.78, 5) is 12.3. The van der Waals surface area contributed by atoms with E-state index in [1.54, 1.807) is 0 Å². The molecule has 1 amide bonds. The van der Waals surface area contributed by atoms with Crippen LogP contribution in [0.2, 0.25) is 5.02 Å². The van der Waals surface area contributed by atoms with E-state index < -0.39 is 48.4 Å². The van der Waals surface area contributed by atoms with Crippen LogP contribution in [-0.2, 0) is 22.4 Å². The lowest BCUT2D eigenvalue weighted by atomic mass is 10.3. The largest absolute Gasteiger partial charge is 0.436 e. The predicted octanol–water partition coefficient (Wildman–Crippen LogP) is 3.80. The Hall–Kier alpha value is -2.28. The average molecular weight is 434 g/mol. The number of halogens is 7. The van der Waals surface area contributed by atoms with Crippen molar-refractivity contribution in [3.8, 4) is 0 Å². The first kappa shape index (κ1) is 22.0. The zero-order valence-corrected chi connectivity index (χ0v) is 15.2. The van der Waals surface area contributed by atoms with Crippen LogP contribution >= 0.6 is 11.6 Å². The van der Waals surface area contributed by atoms with Crippen LogP contribution < -0.4 is 5.32 Å². The molecule has 2 rings (SSSR count). The molecule has 7 nitrogen and oxygen atoms in total. The standard InChI is InChI=1S/C14H14ClF6N5O2/c1-7-10(15)11(14(19,20)21)24-26(7)8(2)12(27)23-9-3-22-25(4-9)6-28-5-13(16,17)18/h3-4,8H,5-6H2,1-2H3,(H,23,27). The van der Waals surface area contributed by atoms with E-state index in [-0.39, 0.29) is 11.4 Å². The second-order valence-corrected chi connectivity index (χ2v) is 6.09. The van der Waals surface area contributed by atoms with Gasteiger partial charge in [0.1, 0.15) is 19.4 Å². The first-order valence-electron chi connectivity index (χ1n) is 7.59. The van der Waals surface area contributed by atoms with Crippen LogP contribution in [0, 0.1) is 6.92 Å². The van der Waals surface area contributed by atoms with E-state index in [9.17, 15) is 31.1 Å². The molecule has 2 aromatic rings. The number of nitrogens with zero attached hydrogens (tertiary/aromatic N) is 4. The maximum absolute atomic E-state index is 12.9.